The molecule has 0 rings (SSSR count). The van der Waals surface area contributed by atoms with E-state index in [4.69, 9.17) is 0 Å². The van der Waals surface area contributed by atoms with Crippen LogP contribution in [0.4, 0.5) is 0 Å². The molecule has 0 N–H and O–H groups in total. The molecule has 0 fully saturated rings. The van der Waals surface area contributed by atoms with Crippen LogP contribution in [0, 0.1) is 0 Å². The molecule has 0 heterocycles. The van der Waals surface area contributed by atoms with Crippen LogP contribution in [0.3, 0.4) is 0 Å². The van der Waals surface area contributed by atoms with Gasteiger partial charge in [0.2, 0.25) is 0 Å². The molecule has 0 atom stereocenters. The van der Waals surface area contributed by atoms with E-state index in [2.05, 4.69) is 0 Å². The molecule has 0 aliphatic heterocycles. The summed E-state index contributed by atoms with van der Waals surface area (Å²) in [5.74, 6) is 0. The van der Waals surface area contributed by atoms with E-state index in [1.807, 2.05) is 12.5 Å². The van der Waals surface area contributed by atoms with E-state index in [1.165, 1.54) is 0 Å². The van der Waals surface area contributed by atoms with Gasteiger partial charge in [-0.1, -0.05) is 0 Å². The quantitative estimate of drug-likeness (QED) is 0.342. The first-order chi connectivity index (χ1) is 1.41. The Kier molecular flexibility index (Phi) is 216. The summed E-state index contributed by atoms with van der Waals surface area (Å²) in [6.45, 7) is 0. The molecular weight excluding hydrogens is 232 g/mol. The van der Waals surface area contributed by atoms with Crippen molar-refractivity contribution < 1.29 is 34.1 Å². The minimum Gasteiger partial charge on any atom is -0.813 e. The first-order valence-corrected chi connectivity index (χ1v) is 2.45. The van der Waals surface area contributed by atoms with Crippen LogP contribution in [0.15, 0.2) is 0 Å². The smallest absolute Gasteiger partial charge is 0 e. The Morgan fingerprint density at radius 3 is 0.857 bits per heavy atom. The molecule has 7 heavy (non-hydrogen) atoms. The average Bonchev–Trinajstić information content (AvgIpc) is 0.918. The number of thiol groups is 2. The molecule has 0 aromatic carbocycles. The van der Waals surface area contributed by atoms with E-state index in [1.54, 1.807) is 11.8 Å². The monoisotopic (exact) mass is 240 g/mol. The predicted molar refractivity (Wildman–Crippen MR) is 37.0 cm³/mol. The van der Waals surface area contributed by atoms with Crippen LogP contribution >= 0.6 is 11.8 Å². The molecule has 0 saturated carbocycles. The zero-order chi connectivity index (χ0) is 2.71. The summed E-state index contributed by atoms with van der Waals surface area (Å²) in [4.78, 5) is 0. The van der Waals surface area contributed by atoms with Crippen molar-refractivity contribution in [3.63, 3.8) is 0 Å². The van der Waals surface area contributed by atoms with Crippen molar-refractivity contribution in [3.05, 3.63) is 0 Å². The zero-order valence-electron chi connectivity index (χ0n) is 4.01. The number of hydrogen-bond donors (Lipinski definition) is 0. The van der Waals surface area contributed by atoms with Crippen molar-refractivity contribution in [2.75, 3.05) is 12.5 Å². The first-order valence-electron chi connectivity index (χ1n) is 0.816. The van der Waals surface area contributed by atoms with Gasteiger partial charge in [-0.3, -0.25) is 0 Å². The van der Waals surface area contributed by atoms with Gasteiger partial charge in [-0.2, -0.15) is 11.8 Å². The van der Waals surface area contributed by atoms with E-state index in [-0.39, 0.29) is 61.1 Å². The SMILES string of the molecule is CSC.[Fe].[Fe].[SH-].[SH-]. The van der Waals surface area contributed by atoms with Gasteiger partial charge in [-0.05, 0) is 12.5 Å². The number of thioether (sulfide) groups is 1. The molecule has 52 valence electrons. The van der Waals surface area contributed by atoms with Crippen molar-refractivity contribution in [3.8, 4) is 0 Å². The van der Waals surface area contributed by atoms with Crippen LogP contribution in [-0.4, -0.2) is 12.5 Å². The standard InChI is InChI=1S/C2H6S.2Fe.2H2S/c1-3-2;;;;/h1-2H3;;;2*1H2/p-2. The average molecular weight is 240 g/mol. The van der Waals surface area contributed by atoms with Crippen LogP contribution in [-0.2, 0) is 61.1 Å². The van der Waals surface area contributed by atoms with Crippen LogP contribution in [0.1, 0.15) is 0 Å². The minimum atomic E-state index is 0. The van der Waals surface area contributed by atoms with Gasteiger partial charge in [0.25, 0.3) is 0 Å². The summed E-state index contributed by atoms with van der Waals surface area (Å²) in [6.07, 6.45) is 4.08. The van der Waals surface area contributed by atoms with Crippen LogP contribution in [0.5, 0.6) is 0 Å². The number of hydrogen-bond acceptors (Lipinski definition) is 3. The van der Waals surface area contributed by atoms with Crippen LogP contribution < -0.4 is 0 Å². The molecule has 0 spiro atoms. The third-order valence-electron chi connectivity index (χ3n) is 0. The minimum absolute atomic E-state index is 0. The molecule has 0 radical (unpaired) electrons. The maximum absolute atomic E-state index is 2.04. The molecule has 0 nitrogen and oxygen atoms in total. The van der Waals surface area contributed by atoms with Gasteiger partial charge in [0.15, 0.2) is 0 Å². The van der Waals surface area contributed by atoms with Crippen LogP contribution in [0.2, 0.25) is 0 Å². The van der Waals surface area contributed by atoms with Crippen molar-refractivity contribution in [2.24, 2.45) is 0 Å². The Balaban J connectivity index is -0.00000000333. The van der Waals surface area contributed by atoms with Gasteiger partial charge in [-0.15, -0.1) is 0 Å². The third-order valence-corrected chi connectivity index (χ3v) is 0. The summed E-state index contributed by atoms with van der Waals surface area (Å²) in [7, 11) is 0. The van der Waals surface area contributed by atoms with Crippen molar-refractivity contribution in [2.45, 2.75) is 0 Å². The van der Waals surface area contributed by atoms with Crippen molar-refractivity contribution in [1.29, 1.82) is 0 Å². The van der Waals surface area contributed by atoms with E-state index in [0.29, 0.717) is 0 Å². The predicted octanol–water partition coefficient (Wildman–Crippen LogP) is 0.434. The normalized spacial score (nSPS) is 2.57. The maximum atomic E-state index is 2.04. The maximum Gasteiger partial charge on any atom is 0 e. The Hall–Kier alpha value is 2.09. The first kappa shape index (κ1) is 35.6. The Labute approximate surface area is 84.8 Å². The Bertz CT molecular complexity index is 10.9. The second-order valence-electron chi connectivity index (χ2n) is 0.408. The van der Waals surface area contributed by atoms with Crippen molar-refractivity contribution in [1.82, 2.24) is 0 Å². The second-order valence-corrected chi connectivity index (χ2v) is 1.22. The van der Waals surface area contributed by atoms with Crippen molar-refractivity contribution >= 4 is 38.8 Å². The van der Waals surface area contributed by atoms with Gasteiger partial charge in [0.1, 0.15) is 0 Å². The fourth-order valence-corrected chi connectivity index (χ4v) is 0. The molecule has 0 aromatic heterocycles. The van der Waals surface area contributed by atoms with E-state index in [9.17, 15) is 0 Å². The molecule has 0 aliphatic rings. The molecule has 0 amide bonds. The second kappa shape index (κ2) is 42.6. The zero-order valence-corrected chi connectivity index (χ0v) is 8.82. The summed E-state index contributed by atoms with van der Waals surface area (Å²) in [5, 5.41) is 0. The van der Waals surface area contributed by atoms with Crippen LogP contribution in [0.25, 0.3) is 0 Å². The Morgan fingerprint density at radius 1 is 0.857 bits per heavy atom. The number of rotatable bonds is 0. The largest absolute Gasteiger partial charge is 0.813 e. The van der Waals surface area contributed by atoms with Gasteiger partial charge in [0.05, 0.1) is 0 Å². The van der Waals surface area contributed by atoms with Gasteiger partial charge >= 0.3 is 0 Å². The summed E-state index contributed by atoms with van der Waals surface area (Å²) >= 11 is 1.75. The summed E-state index contributed by atoms with van der Waals surface area (Å²) < 4.78 is 0. The summed E-state index contributed by atoms with van der Waals surface area (Å²) in [5.41, 5.74) is 0. The fourth-order valence-electron chi connectivity index (χ4n) is 0. The molecular formula is C2H8Fe2S3-2. The molecule has 0 unspecified atom stereocenters. The third kappa shape index (κ3) is 68.7. The molecule has 0 aromatic rings. The van der Waals surface area contributed by atoms with Gasteiger partial charge < -0.3 is 27.0 Å². The van der Waals surface area contributed by atoms with E-state index >= 15 is 0 Å². The summed E-state index contributed by atoms with van der Waals surface area (Å²) in [6, 6.07) is 0. The molecule has 0 aliphatic carbocycles. The molecule has 0 bridgehead atoms. The molecule has 0 saturated heterocycles. The Morgan fingerprint density at radius 2 is 0.857 bits per heavy atom. The fraction of sp³-hybridized carbons (Fsp3) is 1.00. The topological polar surface area (TPSA) is 0 Å². The van der Waals surface area contributed by atoms with Gasteiger partial charge in [-0.25, -0.2) is 0 Å². The van der Waals surface area contributed by atoms with E-state index in [0.717, 1.165) is 0 Å². The van der Waals surface area contributed by atoms with Gasteiger partial charge in [0, 0.05) is 34.1 Å². The molecule has 5 heteroatoms. The van der Waals surface area contributed by atoms with E-state index < -0.39 is 0 Å².